The Morgan fingerprint density at radius 3 is 2.55 bits per heavy atom. The molecule has 0 aliphatic rings. The summed E-state index contributed by atoms with van der Waals surface area (Å²) in [6.07, 6.45) is 5.66. The summed E-state index contributed by atoms with van der Waals surface area (Å²) in [5.41, 5.74) is 4.30. The zero-order valence-electron chi connectivity index (χ0n) is 12.0. The first kappa shape index (κ1) is 13.0. The van der Waals surface area contributed by atoms with Crippen LogP contribution < -0.4 is 0 Å². The van der Waals surface area contributed by atoms with Crippen LogP contribution in [0.15, 0.2) is 60.8 Å². The fraction of sp³-hybridized carbons (Fsp3) is 0.263. The van der Waals surface area contributed by atoms with Crippen LogP contribution in [-0.2, 0) is 19.4 Å². The number of benzene rings is 2. The molecule has 0 unspecified atom stereocenters. The summed E-state index contributed by atoms with van der Waals surface area (Å²) < 4.78 is 2.41. The molecule has 102 valence electrons. The quantitative estimate of drug-likeness (QED) is 0.621. The number of rotatable bonds is 5. The smallest absolute Gasteiger partial charge is 0.0512 e. The Balaban J connectivity index is 1.75. The molecule has 3 rings (SSSR count). The number of fused-ring (bicyclic) bond motifs is 1. The van der Waals surface area contributed by atoms with Gasteiger partial charge in [-0.1, -0.05) is 55.5 Å². The van der Waals surface area contributed by atoms with Gasteiger partial charge in [0, 0.05) is 12.7 Å². The fourth-order valence-electron chi connectivity index (χ4n) is 2.91. The maximum atomic E-state index is 2.41. The van der Waals surface area contributed by atoms with Crippen molar-refractivity contribution in [3.63, 3.8) is 0 Å². The van der Waals surface area contributed by atoms with E-state index in [0.29, 0.717) is 0 Å². The number of nitrogens with zero attached hydrogens (tertiary/aromatic N) is 1. The van der Waals surface area contributed by atoms with Crippen molar-refractivity contribution in [2.24, 2.45) is 0 Å². The molecule has 1 nitrogen and oxygen atoms in total. The maximum Gasteiger partial charge on any atom is 0.0512 e. The van der Waals surface area contributed by atoms with Gasteiger partial charge in [0.05, 0.1) is 5.52 Å². The van der Waals surface area contributed by atoms with Crippen molar-refractivity contribution in [2.45, 2.75) is 32.7 Å². The van der Waals surface area contributed by atoms with E-state index in [1.54, 1.807) is 0 Å². The Bertz CT molecular complexity index is 679. The number of hydrogen-bond donors (Lipinski definition) is 0. The minimum absolute atomic E-state index is 1.09. The normalized spacial score (nSPS) is 11.1. The number of hydrogen-bond acceptors (Lipinski definition) is 0. The lowest BCUT2D eigenvalue weighted by Gasteiger charge is -2.09. The van der Waals surface area contributed by atoms with Crippen LogP contribution in [0.5, 0.6) is 0 Å². The molecule has 1 aromatic heterocycles. The molecule has 0 N–H and O–H groups in total. The summed E-state index contributed by atoms with van der Waals surface area (Å²) in [6, 6.07) is 19.6. The molecule has 1 heterocycles. The average Bonchev–Trinajstić information content (AvgIpc) is 2.92. The Morgan fingerprint density at radius 2 is 1.75 bits per heavy atom. The lowest BCUT2D eigenvalue weighted by molar-refractivity contribution is 0.660. The number of aromatic nitrogens is 1. The van der Waals surface area contributed by atoms with E-state index in [4.69, 9.17) is 0 Å². The van der Waals surface area contributed by atoms with E-state index in [1.807, 2.05) is 0 Å². The van der Waals surface area contributed by atoms with Crippen LogP contribution in [0.3, 0.4) is 0 Å². The van der Waals surface area contributed by atoms with Gasteiger partial charge in [-0.05, 0) is 41.8 Å². The van der Waals surface area contributed by atoms with Crippen molar-refractivity contribution in [3.05, 3.63) is 71.9 Å². The van der Waals surface area contributed by atoms with Gasteiger partial charge in [0.25, 0.3) is 0 Å². The highest BCUT2D eigenvalue weighted by Crippen LogP contribution is 2.21. The van der Waals surface area contributed by atoms with Gasteiger partial charge >= 0.3 is 0 Å². The second kappa shape index (κ2) is 5.96. The van der Waals surface area contributed by atoms with Crippen LogP contribution in [0, 0.1) is 0 Å². The Kier molecular flexibility index (Phi) is 3.87. The van der Waals surface area contributed by atoms with E-state index in [-0.39, 0.29) is 0 Å². The van der Waals surface area contributed by atoms with Crippen LogP contribution in [0.2, 0.25) is 0 Å². The minimum Gasteiger partial charge on any atom is -0.347 e. The third-order valence-electron chi connectivity index (χ3n) is 3.96. The second-order valence-corrected chi connectivity index (χ2v) is 5.31. The van der Waals surface area contributed by atoms with Crippen LogP contribution in [0.1, 0.15) is 24.5 Å². The van der Waals surface area contributed by atoms with Gasteiger partial charge in [-0.3, -0.25) is 0 Å². The first-order valence-electron chi connectivity index (χ1n) is 7.49. The van der Waals surface area contributed by atoms with E-state index in [2.05, 4.69) is 72.3 Å². The van der Waals surface area contributed by atoms with Crippen LogP contribution in [0.4, 0.5) is 0 Å². The molecule has 0 aliphatic heterocycles. The molecule has 0 fully saturated rings. The molecule has 0 spiro atoms. The van der Waals surface area contributed by atoms with Crippen LogP contribution >= 0.6 is 0 Å². The Morgan fingerprint density at radius 1 is 0.900 bits per heavy atom. The maximum absolute atomic E-state index is 2.41. The standard InChI is InChI=1S/C19H21N/c1-2-17-11-6-12-18-13-15-20(19(17)18)14-7-10-16-8-4-3-5-9-16/h3-6,8-9,11-13,15H,2,7,10,14H2,1H3. The van der Waals surface area contributed by atoms with E-state index in [9.17, 15) is 0 Å². The molecule has 0 aliphatic carbocycles. The molecular formula is C19H21N. The molecule has 1 heteroatoms. The van der Waals surface area contributed by atoms with Crippen molar-refractivity contribution in [2.75, 3.05) is 0 Å². The summed E-state index contributed by atoms with van der Waals surface area (Å²) >= 11 is 0. The number of aryl methyl sites for hydroxylation is 3. The van der Waals surface area contributed by atoms with E-state index in [0.717, 1.165) is 19.4 Å². The van der Waals surface area contributed by atoms with Gasteiger partial charge in [0.15, 0.2) is 0 Å². The third-order valence-corrected chi connectivity index (χ3v) is 3.96. The molecule has 0 amide bonds. The van der Waals surface area contributed by atoms with Crippen molar-refractivity contribution >= 4 is 10.9 Å². The zero-order chi connectivity index (χ0) is 13.8. The monoisotopic (exact) mass is 263 g/mol. The lowest BCUT2D eigenvalue weighted by Crippen LogP contribution is -2.00. The molecule has 2 aromatic carbocycles. The Hall–Kier alpha value is -2.02. The van der Waals surface area contributed by atoms with Gasteiger partial charge in [0.2, 0.25) is 0 Å². The minimum atomic E-state index is 1.09. The molecule has 0 saturated heterocycles. The van der Waals surface area contributed by atoms with Gasteiger partial charge < -0.3 is 4.57 Å². The summed E-state index contributed by atoms with van der Waals surface area (Å²) in [4.78, 5) is 0. The summed E-state index contributed by atoms with van der Waals surface area (Å²) in [7, 11) is 0. The molecule has 20 heavy (non-hydrogen) atoms. The number of para-hydroxylation sites is 1. The molecule has 0 atom stereocenters. The van der Waals surface area contributed by atoms with Crippen LogP contribution in [-0.4, -0.2) is 4.57 Å². The van der Waals surface area contributed by atoms with E-state index in [1.165, 1.54) is 28.5 Å². The Labute approximate surface area is 120 Å². The first-order valence-corrected chi connectivity index (χ1v) is 7.49. The van der Waals surface area contributed by atoms with E-state index < -0.39 is 0 Å². The summed E-state index contributed by atoms with van der Waals surface area (Å²) in [5, 5.41) is 1.36. The SMILES string of the molecule is CCc1cccc2ccn(CCCc3ccccc3)c12. The van der Waals surface area contributed by atoms with Crippen molar-refractivity contribution in [3.8, 4) is 0 Å². The second-order valence-electron chi connectivity index (χ2n) is 5.31. The predicted octanol–water partition coefficient (Wildman–Crippen LogP) is 4.84. The predicted molar refractivity (Wildman–Crippen MR) is 86.1 cm³/mol. The van der Waals surface area contributed by atoms with Crippen molar-refractivity contribution in [1.82, 2.24) is 4.57 Å². The highest BCUT2D eigenvalue weighted by Gasteiger charge is 2.05. The topological polar surface area (TPSA) is 4.93 Å². The van der Waals surface area contributed by atoms with Crippen molar-refractivity contribution < 1.29 is 0 Å². The molecule has 0 saturated carbocycles. The molecule has 0 radical (unpaired) electrons. The largest absolute Gasteiger partial charge is 0.347 e. The molecule has 0 bridgehead atoms. The first-order chi connectivity index (χ1) is 9.88. The van der Waals surface area contributed by atoms with Crippen LogP contribution in [0.25, 0.3) is 10.9 Å². The lowest BCUT2D eigenvalue weighted by atomic mass is 10.1. The zero-order valence-corrected chi connectivity index (χ0v) is 12.0. The third kappa shape index (κ3) is 2.62. The van der Waals surface area contributed by atoms with Gasteiger partial charge in [-0.25, -0.2) is 0 Å². The summed E-state index contributed by atoms with van der Waals surface area (Å²) in [5.74, 6) is 0. The molecular weight excluding hydrogens is 242 g/mol. The van der Waals surface area contributed by atoms with E-state index >= 15 is 0 Å². The van der Waals surface area contributed by atoms with Crippen molar-refractivity contribution in [1.29, 1.82) is 0 Å². The fourth-order valence-corrected chi connectivity index (χ4v) is 2.91. The van der Waals surface area contributed by atoms with Gasteiger partial charge in [-0.15, -0.1) is 0 Å². The van der Waals surface area contributed by atoms with Gasteiger partial charge in [-0.2, -0.15) is 0 Å². The van der Waals surface area contributed by atoms with Gasteiger partial charge in [0.1, 0.15) is 0 Å². The summed E-state index contributed by atoms with van der Waals surface area (Å²) in [6.45, 7) is 3.32. The highest BCUT2D eigenvalue weighted by molar-refractivity contribution is 5.83. The highest BCUT2D eigenvalue weighted by atomic mass is 14.9. The molecule has 3 aromatic rings. The average molecular weight is 263 g/mol.